The zero-order chi connectivity index (χ0) is 11.9. The van der Waals surface area contributed by atoms with E-state index in [9.17, 15) is 13.2 Å². The number of ketones is 1. The van der Waals surface area contributed by atoms with Gasteiger partial charge in [0.25, 0.3) is 9.05 Å². The number of hydrogen-bond acceptors (Lipinski definition) is 4. The molecule has 0 bridgehead atoms. The van der Waals surface area contributed by atoms with Gasteiger partial charge in [-0.3, -0.25) is 4.79 Å². The summed E-state index contributed by atoms with van der Waals surface area (Å²) in [6.45, 7) is 1.37. The van der Waals surface area contributed by atoms with Crippen molar-refractivity contribution in [2.45, 2.75) is 11.8 Å². The first kappa shape index (κ1) is 11.2. The molecule has 0 N–H and O–H groups in total. The summed E-state index contributed by atoms with van der Waals surface area (Å²) in [6.07, 6.45) is 0. The summed E-state index contributed by atoms with van der Waals surface area (Å²) in [7, 11) is 1.44. The Morgan fingerprint density at radius 3 is 2.56 bits per heavy atom. The van der Waals surface area contributed by atoms with Crippen LogP contribution >= 0.6 is 10.7 Å². The van der Waals surface area contributed by atoms with Crippen LogP contribution in [0.3, 0.4) is 0 Å². The van der Waals surface area contributed by atoms with Crippen LogP contribution in [0.15, 0.2) is 33.6 Å². The third-order valence-corrected chi connectivity index (χ3v) is 3.47. The standard InChI is InChI=1S/C10H7ClO4S/c1-6(12)10-5-7-4-8(16(11,13)14)2-3-9(7)15-10/h2-5H,1H3. The van der Waals surface area contributed by atoms with Crippen molar-refractivity contribution in [1.29, 1.82) is 0 Å². The fourth-order valence-corrected chi connectivity index (χ4v) is 2.13. The molecule has 0 aliphatic rings. The van der Waals surface area contributed by atoms with Gasteiger partial charge in [-0.15, -0.1) is 0 Å². The molecule has 84 valence electrons. The van der Waals surface area contributed by atoms with Gasteiger partial charge in [0.1, 0.15) is 5.58 Å². The number of rotatable bonds is 2. The summed E-state index contributed by atoms with van der Waals surface area (Å²) >= 11 is 0. The van der Waals surface area contributed by atoms with E-state index in [1.165, 1.54) is 31.2 Å². The number of carbonyl (C=O) groups is 1. The molecule has 4 nitrogen and oxygen atoms in total. The summed E-state index contributed by atoms with van der Waals surface area (Å²) in [5.41, 5.74) is 0.453. The van der Waals surface area contributed by atoms with E-state index in [1.807, 2.05) is 0 Å². The molecule has 0 aliphatic heterocycles. The maximum absolute atomic E-state index is 11.1. The van der Waals surface area contributed by atoms with E-state index in [1.54, 1.807) is 0 Å². The monoisotopic (exact) mass is 258 g/mol. The van der Waals surface area contributed by atoms with E-state index in [0.29, 0.717) is 11.0 Å². The molecule has 1 aromatic heterocycles. The van der Waals surface area contributed by atoms with Crippen LogP contribution in [-0.2, 0) is 9.05 Å². The van der Waals surface area contributed by atoms with E-state index in [0.717, 1.165) is 0 Å². The Balaban J connectivity index is 2.67. The normalized spacial score (nSPS) is 11.9. The first-order chi connectivity index (χ1) is 7.38. The zero-order valence-corrected chi connectivity index (χ0v) is 9.80. The molecule has 1 aromatic carbocycles. The van der Waals surface area contributed by atoms with Gasteiger partial charge in [0, 0.05) is 23.0 Å². The highest BCUT2D eigenvalue weighted by Crippen LogP contribution is 2.24. The van der Waals surface area contributed by atoms with Gasteiger partial charge in [0.2, 0.25) is 0 Å². The second-order valence-electron chi connectivity index (χ2n) is 3.30. The van der Waals surface area contributed by atoms with Gasteiger partial charge in [-0.2, -0.15) is 0 Å². The number of halogens is 1. The van der Waals surface area contributed by atoms with Crippen LogP contribution < -0.4 is 0 Å². The van der Waals surface area contributed by atoms with Crippen molar-refractivity contribution in [3.8, 4) is 0 Å². The Morgan fingerprint density at radius 2 is 2.00 bits per heavy atom. The topological polar surface area (TPSA) is 64.3 Å². The molecule has 6 heteroatoms. The van der Waals surface area contributed by atoms with E-state index < -0.39 is 9.05 Å². The van der Waals surface area contributed by atoms with Gasteiger partial charge in [0.05, 0.1) is 4.90 Å². The van der Waals surface area contributed by atoms with Gasteiger partial charge >= 0.3 is 0 Å². The smallest absolute Gasteiger partial charge is 0.261 e. The highest BCUT2D eigenvalue weighted by molar-refractivity contribution is 8.13. The SMILES string of the molecule is CC(=O)c1cc2cc(S(=O)(=O)Cl)ccc2o1. The lowest BCUT2D eigenvalue weighted by atomic mass is 10.2. The van der Waals surface area contributed by atoms with Crippen molar-refractivity contribution in [2.75, 3.05) is 0 Å². The van der Waals surface area contributed by atoms with Gasteiger partial charge < -0.3 is 4.42 Å². The number of furan rings is 1. The average molecular weight is 259 g/mol. The van der Waals surface area contributed by atoms with Crippen LogP contribution in [0, 0.1) is 0 Å². The number of Topliss-reactive ketones (excluding diaryl/α,β-unsaturated/α-hetero) is 1. The van der Waals surface area contributed by atoms with Crippen molar-refractivity contribution in [3.63, 3.8) is 0 Å². The minimum Gasteiger partial charge on any atom is -0.453 e. The first-order valence-corrected chi connectivity index (χ1v) is 6.68. The van der Waals surface area contributed by atoms with E-state index in [-0.39, 0.29) is 16.4 Å². The molecular weight excluding hydrogens is 252 g/mol. The van der Waals surface area contributed by atoms with Gasteiger partial charge in [-0.05, 0) is 24.3 Å². The van der Waals surface area contributed by atoms with Crippen LogP contribution in [0.5, 0.6) is 0 Å². The number of benzene rings is 1. The van der Waals surface area contributed by atoms with Crippen molar-refractivity contribution in [3.05, 3.63) is 30.0 Å². The van der Waals surface area contributed by atoms with E-state index >= 15 is 0 Å². The number of carbonyl (C=O) groups excluding carboxylic acids is 1. The van der Waals surface area contributed by atoms with Crippen LogP contribution in [0.1, 0.15) is 17.5 Å². The average Bonchev–Trinajstić information content (AvgIpc) is 2.58. The Labute approximate surface area is 96.2 Å². The van der Waals surface area contributed by atoms with Crippen molar-refractivity contribution < 1.29 is 17.6 Å². The van der Waals surface area contributed by atoms with Crippen LogP contribution in [-0.4, -0.2) is 14.2 Å². The predicted octanol–water partition coefficient (Wildman–Crippen LogP) is 2.56. The Kier molecular flexibility index (Phi) is 2.52. The molecule has 0 radical (unpaired) electrons. The maximum Gasteiger partial charge on any atom is 0.261 e. The van der Waals surface area contributed by atoms with Crippen LogP contribution in [0.25, 0.3) is 11.0 Å². The molecule has 0 spiro atoms. The molecular formula is C10H7ClO4S. The first-order valence-electron chi connectivity index (χ1n) is 4.37. The maximum atomic E-state index is 11.1. The van der Waals surface area contributed by atoms with E-state index in [2.05, 4.69) is 0 Å². The summed E-state index contributed by atoms with van der Waals surface area (Å²) < 4.78 is 27.4. The molecule has 0 fully saturated rings. The highest BCUT2D eigenvalue weighted by Gasteiger charge is 2.13. The fourth-order valence-electron chi connectivity index (χ4n) is 1.35. The van der Waals surface area contributed by atoms with Crippen molar-refractivity contribution in [2.24, 2.45) is 0 Å². The molecule has 0 saturated carbocycles. The summed E-state index contributed by atoms with van der Waals surface area (Å²) in [5.74, 6) is -0.0226. The molecule has 0 aliphatic carbocycles. The summed E-state index contributed by atoms with van der Waals surface area (Å²) in [4.78, 5) is 11.0. The molecule has 16 heavy (non-hydrogen) atoms. The van der Waals surface area contributed by atoms with Crippen LogP contribution in [0.4, 0.5) is 0 Å². The van der Waals surface area contributed by atoms with Crippen molar-refractivity contribution in [1.82, 2.24) is 0 Å². The largest absolute Gasteiger partial charge is 0.453 e. The zero-order valence-electron chi connectivity index (χ0n) is 8.23. The van der Waals surface area contributed by atoms with Gasteiger partial charge in [-0.25, -0.2) is 8.42 Å². The lowest BCUT2D eigenvalue weighted by Crippen LogP contribution is -1.88. The molecule has 0 amide bonds. The molecule has 0 atom stereocenters. The minimum absolute atomic E-state index is 0.0161. The quantitative estimate of drug-likeness (QED) is 0.613. The second kappa shape index (κ2) is 3.61. The Bertz CT molecular complexity index is 669. The third kappa shape index (κ3) is 1.96. The van der Waals surface area contributed by atoms with Crippen molar-refractivity contribution >= 4 is 36.5 Å². The highest BCUT2D eigenvalue weighted by atomic mass is 35.7. The number of hydrogen-bond donors (Lipinski definition) is 0. The third-order valence-electron chi connectivity index (χ3n) is 2.12. The predicted molar refractivity (Wildman–Crippen MR) is 59.3 cm³/mol. The lowest BCUT2D eigenvalue weighted by molar-refractivity contribution is 0.0989. The Morgan fingerprint density at radius 1 is 1.31 bits per heavy atom. The molecule has 0 unspecified atom stereocenters. The van der Waals surface area contributed by atoms with Gasteiger partial charge in [0.15, 0.2) is 11.5 Å². The molecule has 0 saturated heterocycles. The fraction of sp³-hybridized carbons (Fsp3) is 0.100. The molecule has 2 aromatic rings. The molecule has 1 heterocycles. The summed E-state index contributed by atoms with van der Waals surface area (Å²) in [6, 6.07) is 5.66. The van der Waals surface area contributed by atoms with Crippen LogP contribution in [0.2, 0.25) is 0 Å². The summed E-state index contributed by atoms with van der Waals surface area (Å²) in [5, 5.41) is 0.534. The Hall–Kier alpha value is -1.33. The number of fused-ring (bicyclic) bond motifs is 1. The van der Waals surface area contributed by atoms with Gasteiger partial charge in [-0.1, -0.05) is 0 Å². The lowest BCUT2D eigenvalue weighted by Gasteiger charge is -1.94. The van der Waals surface area contributed by atoms with E-state index in [4.69, 9.17) is 15.1 Å². The minimum atomic E-state index is -3.76. The molecule has 2 rings (SSSR count). The second-order valence-corrected chi connectivity index (χ2v) is 5.87.